The van der Waals surface area contributed by atoms with Crippen molar-refractivity contribution in [2.75, 3.05) is 19.6 Å². The van der Waals surface area contributed by atoms with Crippen molar-refractivity contribution in [3.63, 3.8) is 0 Å². The molecule has 0 bridgehead atoms. The normalized spacial score (nSPS) is 19.5. The van der Waals surface area contributed by atoms with E-state index in [1.165, 1.54) is 10.9 Å². The number of carbonyl (C=O) groups is 2. The monoisotopic (exact) mass is 443 g/mol. The van der Waals surface area contributed by atoms with Gasteiger partial charge < -0.3 is 14.5 Å². The molecule has 8 nitrogen and oxygen atoms in total. The van der Waals surface area contributed by atoms with Crippen molar-refractivity contribution in [2.24, 2.45) is 5.41 Å². The molecule has 2 fully saturated rings. The van der Waals surface area contributed by atoms with Gasteiger partial charge in [0.15, 0.2) is 11.6 Å². The third-order valence-corrected chi connectivity index (χ3v) is 6.33. The molecule has 2 aliphatic rings. The smallest absolute Gasteiger partial charge is 0.410 e. The van der Waals surface area contributed by atoms with Gasteiger partial charge in [-0.3, -0.25) is 4.79 Å². The Labute approximate surface area is 187 Å². The number of ether oxygens (including phenoxy) is 1. The third kappa shape index (κ3) is 4.61. The van der Waals surface area contributed by atoms with E-state index in [1.807, 2.05) is 38.7 Å². The van der Waals surface area contributed by atoms with E-state index in [9.17, 15) is 14.0 Å². The Kier molecular flexibility index (Phi) is 5.68. The Morgan fingerprint density at radius 2 is 1.94 bits per heavy atom. The molecule has 172 valence electrons. The molecule has 0 unspecified atom stereocenters. The Bertz CT molecular complexity index is 990. The summed E-state index contributed by atoms with van der Waals surface area (Å²) in [6.07, 6.45) is 5.88. The summed E-state index contributed by atoms with van der Waals surface area (Å²) in [6.45, 7) is 9.44. The summed E-state index contributed by atoms with van der Waals surface area (Å²) in [6, 6.07) is 3.55. The minimum absolute atomic E-state index is 0.107. The second-order valence-electron chi connectivity index (χ2n) is 9.89. The fourth-order valence-electron chi connectivity index (χ4n) is 4.49. The molecule has 0 aliphatic carbocycles. The number of rotatable bonds is 3. The van der Waals surface area contributed by atoms with Gasteiger partial charge in [0.2, 0.25) is 5.91 Å². The SMILES string of the molecule is C[C@@H](c1ccc(-n2cc(F)cn2)nc1)N1CC2(CCN(C(=O)OC(C)(C)C)CC2)CC1=O. The van der Waals surface area contributed by atoms with E-state index in [-0.39, 0.29) is 23.5 Å². The van der Waals surface area contributed by atoms with E-state index in [1.54, 1.807) is 17.2 Å². The topological polar surface area (TPSA) is 80.6 Å². The van der Waals surface area contributed by atoms with Crippen molar-refractivity contribution in [3.8, 4) is 5.82 Å². The minimum Gasteiger partial charge on any atom is -0.444 e. The molecule has 2 aromatic rings. The molecular weight excluding hydrogens is 413 g/mol. The predicted octanol–water partition coefficient (Wildman–Crippen LogP) is 3.72. The summed E-state index contributed by atoms with van der Waals surface area (Å²) in [5.74, 6) is 0.222. The first-order valence-corrected chi connectivity index (χ1v) is 11.0. The molecule has 32 heavy (non-hydrogen) atoms. The molecule has 2 amide bonds. The van der Waals surface area contributed by atoms with Gasteiger partial charge in [0.25, 0.3) is 0 Å². The highest BCUT2D eigenvalue weighted by Gasteiger charge is 2.47. The number of hydrogen-bond acceptors (Lipinski definition) is 5. The zero-order valence-corrected chi connectivity index (χ0v) is 19.0. The van der Waals surface area contributed by atoms with Gasteiger partial charge in [-0.2, -0.15) is 5.10 Å². The van der Waals surface area contributed by atoms with Crippen LogP contribution in [0.1, 0.15) is 58.6 Å². The van der Waals surface area contributed by atoms with E-state index >= 15 is 0 Å². The zero-order valence-electron chi connectivity index (χ0n) is 19.0. The number of likely N-dealkylation sites (tertiary alicyclic amines) is 2. The molecule has 2 aliphatic heterocycles. The van der Waals surface area contributed by atoms with Crippen LogP contribution in [0.15, 0.2) is 30.7 Å². The van der Waals surface area contributed by atoms with Crippen molar-refractivity contribution < 1.29 is 18.7 Å². The Hall–Kier alpha value is -2.97. The van der Waals surface area contributed by atoms with E-state index in [2.05, 4.69) is 10.1 Å². The quantitative estimate of drug-likeness (QED) is 0.722. The van der Waals surface area contributed by atoms with Crippen LogP contribution in [0.2, 0.25) is 0 Å². The lowest BCUT2D eigenvalue weighted by Gasteiger charge is -2.39. The highest BCUT2D eigenvalue weighted by atomic mass is 19.1. The van der Waals surface area contributed by atoms with Gasteiger partial charge in [0, 0.05) is 37.7 Å². The van der Waals surface area contributed by atoms with Crippen LogP contribution in [0.3, 0.4) is 0 Å². The van der Waals surface area contributed by atoms with E-state index in [0.717, 1.165) is 24.6 Å². The maximum atomic E-state index is 13.2. The predicted molar refractivity (Wildman–Crippen MR) is 116 cm³/mol. The van der Waals surface area contributed by atoms with Gasteiger partial charge in [0.1, 0.15) is 5.60 Å². The number of carbonyl (C=O) groups excluding carboxylic acids is 2. The first kappa shape index (κ1) is 22.2. The number of piperidine rings is 1. The number of hydrogen-bond donors (Lipinski definition) is 0. The van der Waals surface area contributed by atoms with Crippen LogP contribution < -0.4 is 0 Å². The first-order valence-electron chi connectivity index (χ1n) is 11.0. The fraction of sp³-hybridized carbons (Fsp3) is 0.565. The standard InChI is InChI=1S/C23H30FN5O3/c1-16(17-5-6-19(25-12-17)29-14-18(24)13-26-29)28-15-23(11-20(28)30)7-9-27(10-8-23)21(31)32-22(2,3)4/h5-6,12-14,16H,7-11,15H2,1-4H3/t16-/m0/s1. The molecule has 0 aromatic carbocycles. The van der Waals surface area contributed by atoms with Gasteiger partial charge in [-0.1, -0.05) is 6.07 Å². The molecule has 0 saturated carbocycles. The largest absolute Gasteiger partial charge is 0.444 e. The molecule has 2 saturated heterocycles. The van der Waals surface area contributed by atoms with Crippen molar-refractivity contribution in [2.45, 2.75) is 58.6 Å². The van der Waals surface area contributed by atoms with Crippen LogP contribution in [-0.4, -0.2) is 61.8 Å². The summed E-state index contributed by atoms with van der Waals surface area (Å²) < 4.78 is 20.1. The van der Waals surface area contributed by atoms with Gasteiger partial charge in [0.05, 0.1) is 18.4 Å². The molecule has 9 heteroatoms. The van der Waals surface area contributed by atoms with Gasteiger partial charge in [-0.05, 0) is 52.2 Å². The lowest BCUT2D eigenvalue weighted by Crippen LogP contribution is -2.46. The molecule has 0 N–H and O–H groups in total. The van der Waals surface area contributed by atoms with Gasteiger partial charge >= 0.3 is 6.09 Å². The molecule has 2 aromatic heterocycles. The highest BCUT2D eigenvalue weighted by Crippen LogP contribution is 2.43. The van der Waals surface area contributed by atoms with Crippen molar-refractivity contribution in [1.82, 2.24) is 24.6 Å². The minimum atomic E-state index is -0.517. The van der Waals surface area contributed by atoms with E-state index in [0.29, 0.717) is 31.9 Å². The molecule has 1 atom stereocenters. The van der Waals surface area contributed by atoms with E-state index < -0.39 is 11.4 Å². The van der Waals surface area contributed by atoms with Gasteiger partial charge in [-0.15, -0.1) is 0 Å². The number of aromatic nitrogens is 3. The molecular formula is C23H30FN5O3. The van der Waals surface area contributed by atoms with Crippen LogP contribution in [0.25, 0.3) is 5.82 Å². The molecule has 0 radical (unpaired) electrons. The fourth-order valence-corrected chi connectivity index (χ4v) is 4.49. The summed E-state index contributed by atoms with van der Waals surface area (Å²) in [5, 5.41) is 3.92. The van der Waals surface area contributed by atoms with Crippen LogP contribution >= 0.6 is 0 Å². The van der Waals surface area contributed by atoms with Crippen LogP contribution in [0.5, 0.6) is 0 Å². The first-order chi connectivity index (χ1) is 15.1. The number of halogens is 1. The van der Waals surface area contributed by atoms with E-state index in [4.69, 9.17) is 4.74 Å². The maximum Gasteiger partial charge on any atom is 0.410 e. The second-order valence-corrected chi connectivity index (χ2v) is 9.89. The van der Waals surface area contributed by atoms with Crippen LogP contribution in [-0.2, 0) is 9.53 Å². The number of nitrogens with zero attached hydrogens (tertiary/aromatic N) is 5. The third-order valence-electron chi connectivity index (χ3n) is 6.33. The molecule has 4 rings (SSSR count). The Morgan fingerprint density at radius 1 is 1.22 bits per heavy atom. The number of pyridine rings is 1. The lowest BCUT2D eigenvalue weighted by molar-refractivity contribution is -0.129. The average molecular weight is 444 g/mol. The van der Waals surface area contributed by atoms with Crippen molar-refractivity contribution in [3.05, 3.63) is 42.1 Å². The number of amides is 2. The maximum absolute atomic E-state index is 13.2. The van der Waals surface area contributed by atoms with Crippen LogP contribution in [0.4, 0.5) is 9.18 Å². The summed E-state index contributed by atoms with van der Waals surface area (Å²) >= 11 is 0. The highest BCUT2D eigenvalue weighted by molar-refractivity contribution is 5.80. The summed E-state index contributed by atoms with van der Waals surface area (Å²) in [7, 11) is 0. The average Bonchev–Trinajstić information content (AvgIpc) is 3.30. The van der Waals surface area contributed by atoms with Gasteiger partial charge in [-0.25, -0.2) is 18.9 Å². The van der Waals surface area contributed by atoms with Crippen molar-refractivity contribution in [1.29, 1.82) is 0 Å². The molecule has 1 spiro atoms. The summed E-state index contributed by atoms with van der Waals surface area (Å²) in [5.41, 5.74) is 0.291. The lowest BCUT2D eigenvalue weighted by atomic mass is 9.77. The van der Waals surface area contributed by atoms with Crippen LogP contribution in [0, 0.1) is 11.2 Å². The summed E-state index contributed by atoms with van der Waals surface area (Å²) in [4.78, 5) is 33.3. The Balaban J connectivity index is 1.39. The Morgan fingerprint density at radius 3 is 2.50 bits per heavy atom. The molecule has 4 heterocycles. The van der Waals surface area contributed by atoms with Crippen molar-refractivity contribution >= 4 is 12.0 Å². The second kappa shape index (κ2) is 8.18. The zero-order chi connectivity index (χ0) is 23.1.